The third-order valence-electron chi connectivity index (χ3n) is 4.45. The Hall–Kier alpha value is -2.54. The number of halogens is 2. The van der Waals surface area contributed by atoms with Gasteiger partial charge in [0.25, 0.3) is 15.9 Å². The summed E-state index contributed by atoms with van der Waals surface area (Å²) in [5, 5.41) is 3.05. The molecule has 0 fully saturated rings. The van der Waals surface area contributed by atoms with Crippen LogP contribution in [0.15, 0.2) is 65.6 Å². The number of anilines is 2. The normalized spacial score (nSPS) is 11.2. The zero-order chi connectivity index (χ0) is 21.2. The molecule has 0 atom stereocenters. The fourth-order valence-corrected chi connectivity index (χ4v) is 4.50. The molecule has 0 radical (unpaired) electrons. The van der Waals surface area contributed by atoms with Crippen LogP contribution in [-0.2, 0) is 10.0 Å². The third-order valence-corrected chi connectivity index (χ3v) is 6.63. The number of carbonyl (C=O) groups excluding carboxylic acids is 1. The summed E-state index contributed by atoms with van der Waals surface area (Å²) >= 11 is 12.2. The Bertz CT molecular complexity index is 1190. The van der Waals surface area contributed by atoms with Crippen LogP contribution in [0, 0.1) is 13.8 Å². The molecule has 3 aromatic carbocycles. The Morgan fingerprint density at radius 2 is 1.55 bits per heavy atom. The molecule has 0 saturated heterocycles. The molecule has 5 nitrogen and oxygen atoms in total. The minimum Gasteiger partial charge on any atom is -0.321 e. The summed E-state index contributed by atoms with van der Waals surface area (Å²) in [4.78, 5) is 12.4. The Kier molecular flexibility index (Phi) is 6.17. The van der Waals surface area contributed by atoms with Crippen molar-refractivity contribution in [1.29, 1.82) is 0 Å². The Morgan fingerprint density at radius 1 is 0.862 bits per heavy atom. The van der Waals surface area contributed by atoms with E-state index in [0.717, 1.165) is 11.1 Å². The zero-order valence-electron chi connectivity index (χ0n) is 15.7. The molecule has 3 rings (SSSR count). The fraction of sp³-hybridized carbons (Fsp3) is 0.0952. The summed E-state index contributed by atoms with van der Waals surface area (Å²) in [6, 6.07) is 16.1. The summed E-state index contributed by atoms with van der Waals surface area (Å²) in [6.07, 6.45) is 0. The number of hydrogen-bond acceptors (Lipinski definition) is 3. The lowest BCUT2D eigenvalue weighted by Crippen LogP contribution is -2.17. The van der Waals surface area contributed by atoms with Crippen molar-refractivity contribution in [3.63, 3.8) is 0 Å². The van der Waals surface area contributed by atoms with Gasteiger partial charge in [0.15, 0.2) is 0 Å². The predicted molar refractivity (Wildman–Crippen MR) is 118 cm³/mol. The summed E-state index contributed by atoms with van der Waals surface area (Å²) in [5.41, 5.74) is 2.76. The topological polar surface area (TPSA) is 75.3 Å². The lowest BCUT2D eigenvalue weighted by atomic mass is 10.1. The molecule has 8 heteroatoms. The van der Waals surface area contributed by atoms with Gasteiger partial charge in [0.2, 0.25) is 0 Å². The van der Waals surface area contributed by atoms with Crippen LogP contribution in [0.1, 0.15) is 21.5 Å². The van der Waals surface area contributed by atoms with Gasteiger partial charge in [0.1, 0.15) is 4.90 Å². The largest absolute Gasteiger partial charge is 0.321 e. The summed E-state index contributed by atoms with van der Waals surface area (Å²) in [5.74, 6) is -0.502. The minimum atomic E-state index is -4.01. The van der Waals surface area contributed by atoms with E-state index in [-0.39, 0.29) is 15.5 Å². The van der Waals surface area contributed by atoms with Gasteiger partial charge in [-0.2, -0.15) is 0 Å². The highest BCUT2D eigenvalue weighted by Crippen LogP contribution is 2.28. The number of aryl methyl sites for hydroxylation is 1. The molecule has 0 aromatic heterocycles. The number of amides is 1. The number of sulfonamides is 1. The van der Waals surface area contributed by atoms with E-state index in [1.165, 1.54) is 18.2 Å². The number of para-hydroxylation sites is 1. The van der Waals surface area contributed by atoms with Gasteiger partial charge in [-0.25, -0.2) is 8.42 Å². The predicted octanol–water partition coefficient (Wildman–Crippen LogP) is 5.66. The van der Waals surface area contributed by atoms with E-state index >= 15 is 0 Å². The van der Waals surface area contributed by atoms with Crippen LogP contribution < -0.4 is 10.0 Å². The summed E-state index contributed by atoms with van der Waals surface area (Å²) in [6.45, 7) is 3.71. The maximum absolute atomic E-state index is 12.9. The van der Waals surface area contributed by atoms with E-state index < -0.39 is 15.9 Å². The van der Waals surface area contributed by atoms with Crippen LogP contribution in [0.5, 0.6) is 0 Å². The average molecular weight is 449 g/mol. The highest BCUT2D eigenvalue weighted by molar-refractivity contribution is 7.92. The van der Waals surface area contributed by atoms with E-state index in [4.69, 9.17) is 23.2 Å². The molecular weight excluding hydrogens is 431 g/mol. The van der Waals surface area contributed by atoms with Crippen molar-refractivity contribution < 1.29 is 13.2 Å². The van der Waals surface area contributed by atoms with Gasteiger partial charge in [0, 0.05) is 5.56 Å². The van der Waals surface area contributed by atoms with Crippen LogP contribution in [0.4, 0.5) is 11.4 Å². The molecule has 0 bridgehead atoms. The number of carbonyl (C=O) groups is 1. The molecule has 0 aliphatic rings. The van der Waals surface area contributed by atoms with Crippen LogP contribution in [0.25, 0.3) is 0 Å². The molecule has 29 heavy (non-hydrogen) atoms. The lowest BCUT2D eigenvalue weighted by Gasteiger charge is -2.14. The van der Waals surface area contributed by atoms with Crippen molar-refractivity contribution in [3.8, 4) is 0 Å². The summed E-state index contributed by atoms with van der Waals surface area (Å²) < 4.78 is 28.4. The maximum Gasteiger partial charge on any atom is 0.263 e. The second kappa shape index (κ2) is 8.45. The van der Waals surface area contributed by atoms with Gasteiger partial charge in [0.05, 0.1) is 21.4 Å². The number of nitrogens with one attached hydrogen (secondary N) is 2. The second-order valence-electron chi connectivity index (χ2n) is 6.43. The van der Waals surface area contributed by atoms with Crippen molar-refractivity contribution >= 4 is 50.5 Å². The first-order chi connectivity index (χ1) is 13.7. The third kappa shape index (κ3) is 4.72. The Balaban J connectivity index is 1.93. The molecule has 3 aromatic rings. The standard InChI is InChI=1S/C21H18Cl2N2O3S/c1-13-6-5-9-18(14(13)2)25-29(27,28)20-12-15(10-11-17(20)23)21(26)24-19-8-4-3-7-16(19)22/h3-12,25H,1-2H3,(H,24,26). The van der Waals surface area contributed by atoms with Gasteiger partial charge in [-0.15, -0.1) is 0 Å². The van der Waals surface area contributed by atoms with E-state index in [2.05, 4.69) is 10.0 Å². The van der Waals surface area contributed by atoms with Crippen molar-refractivity contribution in [1.82, 2.24) is 0 Å². The summed E-state index contributed by atoms with van der Waals surface area (Å²) in [7, 11) is -4.01. The van der Waals surface area contributed by atoms with Gasteiger partial charge in [-0.1, -0.05) is 47.5 Å². The van der Waals surface area contributed by atoms with Gasteiger partial charge >= 0.3 is 0 Å². The van der Waals surface area contributed by atoms with Crippen molar-refractivity contribution in [2.45, 2.75) is 18.7 Å². The molecule has 0 aliphatic carbocycles. The molecule has 0 spiro atoms. The monoisotopic (exact) mass is 448 g/mol. The van der Waals surface area contributed by atoms with Gasteiger partial charge in [-0.3, -0.25) is 9.52 Å². The second-order valence-corrected chi connectivity index (χ2v) is 8.90. The minimum absolute atomic E-state index is 0.0112. The molecule has 0 saturated carbocycles. The molecule has 2 N–H and O–H groups in total. The average Bonchev–Trinajstić information content (AvgIpc) is 2.67. The van der Waals surface area contributed by atoms with Gasteiger partial charge in [-0.05, 0) is 61.4 Å². The first-order valence-corrected chi connectivity index (χ1v) is 10.9. The molecular formula is C21H18Cl2N2O3S. The zero-order valence-corrected chi connectivity index (χ0v) is 18.0. The smallest absolute Gasteiger partial charge is 0.263 e. The molecule has 0 heterocycles. The lowest BCUT2D eigenvalue weighted by molar-refractivity contribution is 0.102. The number of benzene rings is 3. The first-order valence-electron chi connectivity index (χ1n) is 8.63. The van der Waals surface area contributed by atoms with Crippen molar-refractivity contribution in [3.05, 3.63) is 87.4 Å². The van der Waals surface area contributed by atoms with Crippen molar-refractivity contribution in [2.75, 3.05) is 10.0 Å². The molecule has 0 aliphatic heterocycles. The number of rotatable bonds is 5. The molecule has 0 unspecified atom stereocenters. The van der Waals surface area contributed by atoms with Crippen LogP contribution in [0.3, 0.4) is 0 Å². The van der Waals surface area contributed by atoms with E-state index in [0.29, 0.717) is 16.4 Å². The highest BCUT2D eigenvalue weighted by atomic mass is 35.5. The van der Waals surface area contributed by atoms with Crippen molar-refractivity contribution in [2.24, 2.45) is 0 Å². The first kappa shape index (κ1) is 21.2. The Labute approximate surface area is 179 Å². The van der Waals surface area contributed by atoms with Crippen LogP contribution >= 0.6 is 23.2 Å². The highest BCUT2D eigenvalue weighted by Gasteiger charge is 2.21. The van der Waals surface area contributed by atoms with Gasteiger partial charge < -0.3 is 5.32 Å². The Morgan fingerprint density at radius 3 is 2.28 bits per heavy atom. The molecule has 150 valence electrons. The maximum atomic E-state index is 12.9. The van der Waals surface area contributed by atoms with E-state index in [1.54, 1.807) is 36.4 Å². The SMILES string of the molecule is Cc1cccc(NS(=O)(=O)c2cc(C(=O)Nc3ccccc3Cl)ccc2Cl)c1C. The van der Waals surface area contributed by atoms with E-state index in [9.17, 15) is 13.2 Å². The van der Waals surface area contributed by atoms with Crippen LogP contribution in [0.2, 0.25) is 10.0 Å². The van der Waals surface area contributed by atoms with E-state index in [1.807, 2.05) is 19.9 Å². The molecule has 1 amide bonds. The quantitative estimate of drug-likeness (QED) is 0.528. The fourth-order valence-electron chi connectivity index (χ4n) is 2.67. The van der Waals surface area contributed by atoms with Crippen LogP contribution in [-0.4, -0.2) is 14.3 Å². The number of hydrogen-bond donors (Lipinski definition) is 2.